The molecule has 1 aliphatic heterocycles. The van der Waals surface area contributed by atoms with Crippen LogP contribution in [0.25, 0.3) is 0 Å². The zero-order chi connectivity index (χ0) is 9.03. The van der Waals surface area contributed by atoms with Crippen molar-refractivity contribution in [1.29, 1.82) is 0 Å². The molecule has 1 N–H and O–H groups in total. The maximum Gasteiger partial charge on any atom is 0.488 e. The molecule has 0 radical (unpaired) electrons. The third kappa shape index (κ3) is 3.21. The number of nitrogens with zero attached hydrogens (tertiary/aromatic N) is 1. The van der Waals surface area contributed by atoms with Crippen LogP contribution >= 0.6 is 7.82 Å². The molecule has 0 aromatic heterocycles. The number of rotatable bonds is 3. The Morgan fingerprint density at radius 3 is 2.42 bits per heavy atom. The summed E-state index contributed by atoms with van der Waals surface area (Å²) in [7, 11) is -2.66. The van der Waals surface area contributed by atoms with Crippen LogP contribution in [-0.2, 0) is 13.7 Å². The van der Waals surface area contributed by atoms with Crippen LogP contribution in [0.4, 0.5) is 0 Å². The van der Waals surface area contributed by atoms with Crippen LogP contribution < -0.4 is 0 Å². The summed E-state index contributed by atoms with van der Waals surface area (Å²) in [5.41, 5.74) is 0. The molecular formula is C6H14NO4P. The fraction of sp³-hybridized carbons (Fsp3) is 1.00. The van der Waals surface area contributed by atoms with Gasteiger partial charge in [0.1, 0.15) is 0 Å². The number of piperidine rings is 1. The molecule has 1 heterocycles. The summed E-state index contributed by atoms with van der Waals surface area (Å²) in [6, 6.07) is 0. The van der Waals surface area contributed by atoms with E-state index in [2.05, 4.69) is 4.52 Å². The van der Waals surface area contributed by atoms with Crippen molar-refractivity contribution < 1.29 is 18.6 Å². The Hall–Kier alpha value is 0.0700. The molecule has 0 aliphatic carbocycles. The molecule has 1 saturated heterocycles. The smallest absolute Gasteiger partial charge is 0.302 e. The van der Waals surface area contributed by atoms with Crippen LogP contribution in [0.3, 0.4) is 0 Å². The summed E-state index contributed by atoms with van der Waals surface area (Å²) >= 11 is 0. The Labute approximate surface area is 71.8 Å². The highest BCUT2D eigenvalue weighted by molar-refractivity contribution is 7.47. The van der Waals surface area contributed by atoms with E-state index in [1.165, 1.54) is 5.06 Å². The first-order valence-electron chi connectivity index (χ1n) is 3.97. The molecule has 0 amide bonds. The maximum absolute atomic E-state index is 10.9. The Morgan fingerprint density at radius 2 is 1.92 bits per heavy atom. The topological polar surface area (TPSA) is 59.0 Å². The number of phosphoric ester groups is 1. The minimum atomic E-state index is -3.82. The zero-order valence-corrected chi connectivity index (χ0v) is 8.00. The van der Waals surface area contributed by atoms with Gasteiger partial charge in [0.2, 0.25) is 0 Å². The number of hydroxylamine groups is 2. The molecular weight excluding hydrogens is 181 g/mol. The first-order chi connectivity index (χ1) is 5.64. The second kappa shape index (κ2) is 4.35. The Balaban J connectivity index is 2.34. The van der Waals surface area contributed by atoms with Crippen LogP contribution in [0, 0.1) is 0 Å². The SMILES string of the molecule is COP(=O)(O)ON1CCCCC1. The van der Waals surface area contributed by atoms with E-state index in [9.17, 15) is 4.57 Å². The third-order valence-corrected chi connectivity index (χ3v) is 2.66. The van der Waals surface area contributed by atoms with E-state index in [1.54, 1.807) is 0 Å². The van der Waals surface area contributed by atoms with Gasteiger partial charge in [-0.2, -0.15) is 9.69 Å². The number of phosphoric acid groups is 1. The average Bonchev–Trinajstić information content (AvgIpc) is 2.06. The Morgan fingerprint density at radius 1 is 1.33 bits per heavy atom. The molecule has 0 aromatic rings. The Bertz CT molecular complexity index is 180. The van der Waals surface area contributed by atoms with Crippen LogP contribution in [0.1, 0.15) is 19.3 Å². The summed E-state index contributed by atoms with van der Waals surface area (Å²) in [5, 5.41) is 1.49. The monoisotopic (exact) mass is 195 g/mol. The van der Waals surface area contributed by atoms with Gasteiger partial charge in [-0.25, -0.2) is 4.57 Å². The van der Waals surface area contributed by atoms with Crippen molar-refractivity contribution in [3.05, 3.63) is 0 Å². The van der Waals surface area contributed by atoms with Crippen LogP contribution in [0.5, 0.6) is 0 Å². The van der Waals surface area contributed by atoms with E-state index < -0.39 is 7.82 Å². The molecule has 0 saturated carbocycles. The van der Waals surface area contributed by atoms with Crippen molar-refractivity contribution in [2.24, 2.45) is 0 Å². The molecule has 1 rings (SSSR count). The molecule has 72 valence electrons. The largest absolute Gasteiger partial charge is 0.488 e. The zero-order valence-electron chi connectivity index (χ0n) is 7.10. The molecule has 1 fully saturated rings. The van der Waals surface area contributed by atoms with Crippen molar-refractivity contribution in [3.63, 3.8) is 0 Å². The van der Waals surface area contributed by atoms with Gasteiger partial charge in [0.25, 0.3) is 0 Å². The first kappa shape index (κ1) is 10.2. The molecule has 12 heavy (non-hydrogen) atoms. The highest BCUT2D eigenvalue weighted by Gasteiger charge is 2.24. The van der Waals surface area contributed by atoms with E-state index in [4.69, 9.17) is 9.52 Å². The molecule has 0 spiro atoms. The molecule has 1 atom stereocenters. The standard InChI is InChI=1S/C6H14NO4P/c1-10-12(8,9)11-7-5-3-2-4-6-7/h2-6H2,1H3,(H,8,9). The summed E-state index contributed by atoms with van der Waals surface area (Å²) in [6.45, 7) is 1.40. The second-order valence-corrected chi connectivity index (χ2v) is 4.19. The lowest BCUT2D eigenvalue weighted by Gasteiger charge is -2.26. The lowest BCUT2D eigenvalue weighted by atomic mass is 10.2. The predicted molar refractivity (Wildman–Crippen MR) is 43.3 cm³/mol. The molecule has 5 nitrogen and oxygen atoms in total. The lowest BCUT2D eigenvalue weighted by Crippen LogP contribution is -2.28. The van der Waals surface area contributed by atoms with E-state index in [0.717, 1.165) is 26.4 Å². The predicted octanol–water partition coefficient (Wildman–Crippen LogP) is 1.15. The number of hydrogen-bond acceptors (Lipinski definition) is 4. The van der Waals surface area contributed by atoms with Crippen molar-refractivity contribution in [3.8, 4) is 0 Å². The average molecular weight is 195 g/mol. The second-order valence-electron chi connectivity index (χ2n) is 2.72. The van der Waals surface area contributed by atoms with Crippen molar-refractivity contribution in [2.45, 2.75) is 19.3 Å². The normalized spacial score (nSPS) is 25.2. The van der Waals surface area contributed by atoms with Gasteiger partial charge in [0, 0.05) is 20.2 Å². The van der Waals surface area contributed by atoms with Crippen LogP contribution in [-0.4, -0.2) is 30.2 Å². The van der Waals surface area contributed by atoms with Gasteiger partial charge in [-0.15, -0.1) is 0 Å². The molecule has 0 bridgehead atoms. The fourth-order valence-electron chi connectivity index (χ4n) is 1.13. The molecule has 1 aliphatic rings. The van der Waals surface area contributed by atoms with Crippen molar-refractivity contribution in [2.75, 3.05) is 20.2 Å². The van der Waals surface area contributed by atoms with Gasteiger partial charge < -0.3 is 4.89 Å². The summed E-state index contributed by atoms with van der Waals surface area (Å²) in [5.74, 6) is 0. The van der Waals surface area contributed by atoms with Gasteiger partial charge in [0.15, 0.2) is 0 Å². The summed E-state index contributed by atoms with van der Waals surface area (Å²) in [6.07, 6.45) is 3.16. The number of hydrogen-bond donors (Lipinski definition) is 1. The van der Waals surface area contributed by atoms with E-state index in [1.807, 2.05) is 0 Å². The highest BCUT2D eigenvalue weighted by Crippen LogP contribution is 2.43. The van der Waals surface area contributed by atoms with E-state index >= 15 is 0 Å². The van der Waals surface area contributed by atoms with E-state index in [0.29, 0.717) is 13.1 Å². The molecule has 6 heteroatoms. The van der Waals surface area contributed by atoms with Gasteiger partial charge in [-0.3, -0.25) is 4.52 Å². The van der Waals surface area contributed by atoms with Gasteiger partial charge in [0.05, 0.1) is 0 Å². The van der Waals surface area contributed by atoms with Crippen molar-refractivity contribution >= 4 is 7.82 Å². The van der Waals surface area contributed by atoms with E-state index in [-0.39, 0.29) is 0 Å². The van der Waals surface area contributed by atoms with Crippen LogP contribution in [0.15, 0.2) is 0 Å². The fourth-order valence-corrected chi connectivity index (χ4v) is 1.65. The lowest BCUT2D eigenvalue weighted by molar-refractivity contribution is -0.0953. The minimum Gasteiger partial charge on any atom is -0.302 e. The van der Waals surface area contributed by atoms with Crippen LogP contribution in [0.2, 0.25) is 0 Å². The third-order valence-electron chi connectivity index (χ3n) is 1.76. The van der Waals surface area contributed by atoms with Gasteiger partial charge in [-0.1, -0.05) is 6.42 Å². The molecule has 1 unspecified atom stereocenters. The van der Waals surface area contributed by atoms with Gasteiger partial charge in [-0.05, 0) is 12.8 Å². The minimum absolute atomic E-state index is 0.702. The van der Waals surface area contributed by atoms with Crippen molar-refractivity contribution in [1.82, 2.24) is 5.06 Å². The summed E-state index contributed by atoms with van der Waals surface area (Å²) in [4.78, 5) is 8.94. The highest BCUT2D eigenvalue weighted by atomic mass is 31.2. The summed E-state index contributed by atoms with van der Waals surface area (Å²) < 4.78 is 20.0. The first-order valence-corrected chi connectivity index (χ1v) is 5.47. The van der Waals surface area contributed by atoms with Gasteiger partial charge >= 0.3 is 7.82 Å². The quantitative estimate of drug-likeness (QED) is 0.684. The Kier molecular flexibility index (Phi) is 3.68. The molecule has 0 aromatic carbocycles. The maximum atomic E-state index is 10.9.